The van der Waals surface area contributed by atoms with Crippen molar-refractivity contribution in [3.8, 4) is 0 Å². The summed E-state index contributed by atoms with van der Waals surface area (Å²) in [5.74, 6) is 0. The summed E-state index contributed by atoms with van der Waals surface area (Å²) in [5.41, 5.74) is 8.09. The van der Waals surface area contributed by atoms with Crippen LogP contribution in [-0.2, 0) is 29.5 Å². The predicted octanol–water partition coefficient (Wildman–Crippen LogP) is 3.14. The second kappa shape index (κ2) is 6.04. The van der Waals surface area contributed by atoms with E-state index < -0.39 is 10.0 Å². The molecule has 2 aliphatic heterocycles. The van der Waals surface area contributed by atoms with Crippen LogP contribution in [0.3, 0.4) is 0 Å². The number of primary sulfonamides is 1. The van der Waals surface area contributed by atoms with Gasteiger partial charge in [0.15, 0.2) is 0 Å². The minimum Gasteiger partial charge on any atom is -0.339 e. The molecule has 28 heavy (non-hydrogen) atoms. The van der Waals surface area contributed by atoms with Gasteiger partial charge in [-0.3, -0.25) is 0 Å². The number of benzene rings is 2. The van der Waals surface area contributed by atoms with Crippen LogP contribution in [0.15, 0.2) is 41.3 Å². The summed E-state index contributed by atoms with van der Waals surface area (Å²) < 4.78 is 26.7. The molecule has 0 atom stereocenters. The molecule has 1 aromatic heterocycles. The number of hydrogen-bond acceptors (Lipinski definition) is 3. The van der Waals surface area contributed by atoms with Crippen molar-refractivity contribution in [2.45, 2.75) is 31.3 Å². The van der Waals surface area contributed by atoms with Gasteiger partial charge in [0.1, 0.15) is 0 Å². The number of sulfonamides is 1. The van der Waals surface area contributed by atoms with Crippen LogP contribution in [0.4, 0.5) is 0 Å². The Hall–Kier alpha value is -2.41. The van der Waals surface area contributed by atoms with Crippen LogP contribution in [0.2, 0.25) is 0 Å². The first-order valence-corrected chi connectivity index (χ1v) is 11.0. The maximum Gasteiger partial charge on any atom is 0.238 e. The number of fused-ring (bicyclic) bond motifs is 3. The van der Waals surface area contributed by atoms with Gasteiger partial charge in [-0.2, -0.15) is 0 Å². The maximum atomic E-state index is 12.1. The molecule has 6 heteroatoms. The highest BCUT2D eigenvalue weighted by molar-refractivity contribution is 7.89. The average molecular weight is 394 g/mol. The molecule has 0 saturated heterocycles. The van der Waals surface area contributed by atoms with E-state index >= 15 is 0 Å². The molecule has 0 saturated carbocycles. The van der Waals surface area contributed by atoms with Crippen molar-refractivity contribution in [3.05, 3.63) is 64.3 Å². The Morgan fingerprint density at radius 3 is 2.68 bits per heavy atom. The van der Waals surface area contributed by atoms with E-state index in [4.69, 9.17) is 5.14 Å². The minimum atomic E-state index is -3.79. The van der Waals surface area contributed by atoms with E-state index in [1.807, 2.05) is 12.1 Å². The Balaban J connectivity index is 1.77. The quantitative estimate of drug-likeness (QED) is 0.727. The van der Waals surface area contributed by atoms with Crippen LogP contribution in [0.25, 0.3) is 22.6 Å². The first kappa shape index (κ1) is 17.7. The van der Waals surface area contributed by atoms with Crippen LogP contribution < -0.4 is 5.14 Å². The van der Waals surface area contributed by atoms with Gasteiger partial charge in [0.2, 0.25) is 10.0 Å². The number of aryl methyl sites for hydroxylation is 1. The number of allylic oxidation sites excluding steroid dienone is 1. The number of rotatable bonds is 2. The topological polar surface area (TPSA) is 68.3 Å². The highest BCUT2D eigenvalue weighted by atomic mass is 32.2. The third-order valence-electron chi connectivity index (χ3n) is 5.91. The molecule has 0 fully saturated rings. The Labute approximate surface area is 165 Å². The summed E-state index contributed by atoms with van der Waals surface area (Å²) in [6, 6.07) is 11.5. The highest BCUT2D eigenvalue weighted by Gasteiger charge is 2.27. The van der Waals surface area contributed by atoms with E-state index in [0.29, 0.717) is 12.1 Å². The Morgan fingerprint density at radius 1 is 1.11 bits per heavy atom. The van der Waals surface area contributed by atoms with Gasteiger partial charge in [-0.05, 0) is 66.1 Å². The molecular formula is C22H23N3O2S. The van der Waals surface area contributed by atoms with Crippen LogP contribution in [0, 0.1) is 6.92 Å². The summed E-state index contributed by atoms with van der Waals surface area (Å²) in [7, 11) is -1.63. The van der Waals surface area contributed by atoms with E-state index in [1.165, 1.54) is 27.7 Å². The molecule has 0 bridgehead atoms. The summed E-state index contributed by atoms with van der Waals surface area (Å²) in [6.07, 6.45) is 3.14. The zero-order chi connectivity index (χ0) is 19.6. The lowest BCUT2D eigenvalue weighted by molar-refractivity contribution is 0.310. The molecule has 144 valence electrons. The molecule has 0 amide bonds. The lowest BCUT2D eigenvalue weighted by atomic mass is 9.97. The number of likely N-dealkylation sites (N-methyl/N-ethyl adjacent to an activating group) is 1. The molecule has 2 aliphatic rings. The van der Waals surface area contributed by atoms with Crippen molar-refractivity contribution in [2.24, 2.45) is 5.14 Å². The number of aromatic nitrogens is 1. The summed E-state index contributed by atoms with van der Waals surface area (Å²) >= 11 is 0. The minimum absolute atomic E-state index is 0.189. The van der Waals surface area contributed by atoms with Crippen molar-refractivity contribution in [3.63, 3.8) is 0 Å². The van der Waals surface area contributed by atoms with Gasteiger partial charge in [-0.15, -0.1) is 0 Å². The smallest absolute Gasteiger partial charge is 0.238 e. The maximum absolute atomic E-state index is 12.1. The van der Waals surface area contributed by atoms with E-state index in [1.54, 1.807) is 12.1 Å². The molecular weight excluding hydrogens is 370 g/mol. The molecule has 3 aromatic rings. The van der Waals surface area contributed by atoms with Gasteiger partial charge in [0.05, 0.1) is 10.4 Å². The average Bonchev–Trinajstić information content (AvgIpc) is 2.95. The second-order valence-electron chi connectivity index (χ2n) is 7.96. The fourth-order valence-electron chi connectivity index (χ4n) is 4.73. The molecule has 2 aromatic carbocycles. The standard InChI is InChI=1S/C22H23N3O2S/c1-14-9-15-11-16(17-5-3-4-6-21(17)28(23,26)27)12-25-20-7-8-24(2)13-19(20)18(10-14)22(15)25/h3-6,9-11H,7-8,12-13H2,1-2H3,(H2,23,26,27). The first-order chi connectivity index (χ1) is 13.3. The van der Waals surface area contributed by atoms with E-state index in [-0.39, 0.29) is 4.90 Å². The lowest BCUT2D eigenvalue weighted by Gasteiger charge is -2.25. The number of hydrogen-bond donors (Lipinski definition) is 1. The summed E-state index contributed by atoms with van der Waals surface area (Å²) in [4.78, 5) is 2.55. The van der Waals surface area contributed by atoms with Crippen LogP contribution in [0.1, 0.15) is 27.9 Å². The number of nitrogens with two attached hydrogens (primary N) is 1. The van der Waals surface area contributed by atoms with Crippen LogP contribution >= 0.6 is 0 Å². The van der Waals surface area contributed by atoms with Crippen LogP contribution in [0.5, 0.6) is 0 Å². The van der Waals surface area contributed by atoms with E-state index in [2.05, 4.69) is 41.6 Å². The molecule has 0 aliphatic carbocycles. The van der Waals surface area contributed by atoms with Crippen molar-refractivity contribution in [1.29, 1.82) is 0 Å². The van der Waals surface area contributed by atoms with E-state index in [9.17, 15) is 8.42 Å². The Morgan fingerprint density at radius 2 is 1.89 bits per heavy atom. The molecule has 3 heterocycles. The SMILES string of the molecule is Cc1cc2c3c(c1)c1c(n3CC(c3ccccc3S(N)(=O)=O)=C2)CCN(C)C1. The van der Waals surface area contributed by atoms with E-state index in [0.717, 1.165) is 30.6 Å². The molecule has 2 N–H and O–H groups in total. The summed E-state index contributed by atoms with van der Waals surface area (Å²) in [5, 5.41) is 6.82. The van der Waals surface area contributed by atoms with Gasteiger partial charge in [0, 0.05) is 37.1 Å². The fourth-order valence-corrected chi connectivity index (χ4v) is 5.50. The highest BCUT2D eigenvalue weighted by Crippen LogP contribution is 2.40. The van der Waals surface area contributed by atoms with Crippen molar-refractivity contribution >= 4 is 32.6 Å². The lowest BCUT2D eigenvalue weighted by Crippen LogP contribution is -2.27. The summed E-state index contributed by atoms with van der Waals surface area (Å²) in [6.45, 7) is 4.76. The van der Waals surface area contributed by atoms with Crippen LogP contribution in [-0.4, -0.2) is 31.5 Å². The molecule has 5 rings (SSSR count). The second-order valence-corrected chi connectivity index (χ2v) is 9.49. The molecule has 0 spiro atoms. The third-order valence-corrected chi connectivity index (χ3v) is 6.88. The van der Waals surface area contributed by atoms with Gasteiger partial charge in [-0.25, -0.2) is 13.6 Å². The monoisotopic (exact) mass is 393 g/mol. The van der Waals surface area contributed by atoms with Gasteiger partial charge >= 0.3 is 0 Å². The first-order valence-electron chi connectivity index (χ1n) is 9.49. The predicted molar refractivity (Wildman–Crippen MR) is 112 cm³/mol. The fraction of sp³-hybridized carbons (Fsp3) is 0.273. The largest absolute Gasteiger partial charge is 0.339 e. The molecule has 5 nitrogen and oxygen atoms in total. The van der Waals surface area contributed by atoms with Crippen molar-refractivity contribution < 1.29 is 8.42 Å². The van der Waals surface area contributed by atoms with Gasteiger partial charge in [-0.1, -0.05) is 18.2 Å². The molecule has 0 unspecified atom stereocenters. The third kappa shape index (κ3) is 2.64. The zero-order valence-corrected chi connectivity index (χ0v) is 16.9. The normalized spacial score (nSPS) is 16.9. The Bertz CT molecular complexity index is 1270. The molecule has 0 radical (unpaired) electrons. The van der Waals surface area contributed by atoms with Crippen molar-refractivity contribution in [2.75, 3.05) is 13.6 Å². The number of nitrogens with zero attached hydrogens (tertiary/aromatic N) is 2. The van der Waals surface area contributed by atoms with Gasteiger partial charge < -0.3 is 9.47 Å². The van der Waals surface area contributed by atoms with Gasteiger partial charge in [0.25, 0.3) is 0 Å². The van der Waals surface area contributed by atoms with Crippen molar-refractivity contribution in [1.82, 2.24) is 9.47 Å². The Kier molecular flexibility index (Phi) is 3.81. The zero-order valence-electron chi connectivity index (χ0n) is 16.1.